The summed E-state index contributed by atoms with van der Waals surface area (Å²) in [6.45, 7) is 14.3. The van der Waals surface area contributed by atoms with E-state index in [4.69, 9.17) is 37.0 Å². The van der Waals surface area contributed by atoms with Crippen LogP contribution in [0.25, 0.3) is 0 Å². The van der Waals surface area contributed by atoms with E-state index < -0.39 is 97.5 Å². The number of aliphatic hydroxyl groups excluding tert-OH is 1. The summed E-state index contributed by atoms with van der Waals surface area (Å²) in [5.41, 5.74) is 0. The number of aliphatic hydroxyl groups is 1. The van der Waals surface area contributed by atoms with Crippen LogP contribution in [0.15, 0.2) is 0 Å². The van der Waals surface area contributed by atoms with Gasteiger partial charge in [-0.15, -0.1) is 0 Å². The van der Waals surface area contributed by atoms with Crippen molar-refractivity contribution in [3.8, 4) is 0 Å². The Bertz CT molecular complexity index is 2060. The Kier molecular flexibility index (Phi) is 74.3. The highest BCUT2D eigenvalue weighted by molar-refractivity contribution is 7.47. The molecule has 0 aliphatic rings. The van der Waals surface area contributed by atoms with Gasteiger partial charge in [0.25, 0.3) is 0 Å². The van der Waals surface area contributed by atoms with Crippen molar-refractivity contribution in [2.24, 2.45) is 23.7 Å². The first-order valence-corrected chi connectivity index (χ1v) is 47.7. The van der Waals surface area contributed by atoms with E-state index in [0.29, 0.717) is 31.6 Å². The summed E-state index contributed by atoms with van der Waals surface area (Å²) < 4.78 is 68.9. The van der Waals surface area contributed by atoms with E-state index in [9.17, 15) is 43.2 Å². The first-order valence-electron chi connectivity index (χ1n) is 44.7. The molecule has 0 aromatic rings. The molecular formula is C87H170O17P2. The van der Waals surface area contributed by atoms with Crippen LogP contribution >= 0.6 is 15.6 Å². The Hall–Kier alpha value is -1.94. The van der Waals surface area contributed by atoms with E-state index in [1.807, 2.05) is 0 Å². The predicted octanol–water partition coefficient (Wildman–Crippen LogP) is 26.3. The maximum Gasteiger partial charge on any atom is 0.472 e. The van der Waals surface area contributed by atoms with Crippen LogP contribution in [0.1, 0.15) is 453 Å². The number of unbranched alkanes of at least 4 members (excludes halogenated alkanes) is 50. The Morgan fingerprint density at radius 1 is 0.236 bits per heavy atom. The van der Waals surface area contributed by atoms with Crippen LogP contribution < -0.4 is 0 Å². The quantitative estimate of drug-likeness (QED) is 0.0222. The fourth-order valence-corrected chi connectivity index (χ4v) is 15.1. The van der Waals surface area contributed by atoms with Crippen LogP contribution in [0.2, 0.25) is 0 Å². The largest absolute Gasteiger partial charge is 0.472 e. The zero-order valence-corrected chi connectivity index (χ0v) is 71.9. The highest BCUT2D eigenvalue weighted by Crippen LogP contribution is 2.45. The van der Waals surface area contributed by atoms with Gasteiger partial charge in [0.1, 0.15) is 19.3 Å². The second-order valence-electron chi connectivity index (χ2n) is 33.2. The molecule has 3 unspecified atom stereocenters. The van der Waals surface area contributed by atoms with Crippen LogP contribution in [0, 0.1) is 23.7 Å². The van der Waals surface area contributed by atoms with E-state index >= 15 is 0 Å². The van der Waals surface area contributed by atoms with E-state index in [1.165, 1.54) is 250 Å². The third kappa shape index (κ3) is 80.1. The molecule has 0 spiro atoms. The lowest BCUT2D eigenvalue weighted by molar-refractivity contribution is -0.161. The minimum atomic E-state index is -4.97. The number of hydrogen-bond donors (Lipinski definition) is 3. The zero-order valence-electron chi connectivity index (χ0n) is 70.1. The van der Waals surface area contributed by atoms with Gasteiger partial charge in [-0.05, 0) is 49.4 Å². The molecule has 0 heterocycles. The molecule has 0 aliphatic heterocycles. The topological polar surface area (TPSA) is 237 Å². The highest BCUT2D eigenvalue weighted by atomic mass is 31.2. The number of hydrogen-bond acceptors (Lipinski definition) is 15. The van der Waals surface area contributed by atoms with Gasteiger partial charge in [0.05, 0.1) is 26.4 Å². The van der Waals surface area contributed by atoms with Gasteiger partial charge in [-0.25, -0.2) is 9.13 Å². The summed E-state index contributed by atoms with van der Waals surface area (Å²) in [6.07, 6.45) is 65.5. The van der Waals surface area contributed by atoms with Gasteiger partial charge in [0.15, 0.2) is 12.2 Å². The molecule has 3 N–H and O–H groups in total. The summed E-state index contributed by atoms with van der Waals surface area (Å²) >= 11 is 0. The number of phosphoric ester groups is 2. The molecule has 106 heavy (non-hydrogen) atoms. The molecule has 0 aliphatic carbocycles. The smallest absolute Gasteiger partial charge is 0.462 e. The van der Waals surface area contributed by atoms with Gasteiger partial charge in [-0.1, -0.05) is 402 Å². The van der Waals surface area contributed by atoms with Crippen LogP contribution in [0.5, 0.6) is 0 Å². The molecule has 0 aromatic carbocycles. The molecule has 0 saturated carbocycles. The summed E-state index contributed by atoms with van der Waals surface area (Å²) in [4.78, 5) is 73.2. The van der Waals surface area contributed by atoms with E-state index in [2.05, 4.69) is 55.4 Å². The van der Waals surface area contributed by atoms with Crippen molar-refractivity contribution in [3.63, 3.8) is 0 Å². The second kappa shape index (κ2) is 75.7. The molecule has 0 fully saturated rings. The standard InChI is InChI=1S/C87H170O17P2/c1-77(2)63-55-47-39-32-26-21-17-13-9-11-15-19-23-29-35-43-51-59-67-84(89)97-73-82(103-87(92)70-62-54-45-37-31-25-28-34-41-49-57-65-79(5)6)75-101-105(93,94)99-71-81(88)72-100-106(95,96)102-76-83(74-98-85(90)68-60-52-46-38-42-50-58-66-80(7)8)104-86(91)69-61-53-44-36-30-24-20-16-12-10-14-18-22-27-33-40-48-56-64-78(3)4/h77-83,88H,9-76H2,1-8H3,(H,93,94)(H,95,96)/t81?,82-,83-/m1/s1. The normalized spacial score (nSPS) is 13.9. The number of rotatable bonds is 84. The van der Waals surface area contributed by atoms with Crippen molar-refractivity contribution in [1.82, 2.24) is 0 Å². The summed E-state index contributed by atoms with van der Waals surface area (Å²) in [5.74, 6) is 1.01. The van der Waals surface area contributed by atoms with Gasteiger partial charge >= 0.3 is 39.5 Å². The van der Waals surface area contributed by atoms with Crippen molar-refractivity contribution in [2.75, 3.05) is 39.6 Å². The van der Waals surface area contributed by atoms with Gasteiger partial charge in [-0.2, -0.15) is 0 Å². The van der Waals surface area contributed by atoms with Gasteiger partial charge in [-0.3, -0.25) is 37.3 Å². The Morgan fingerprint density at radius 3 is 0.585 bits per heavy atom. The summed E-state index contributed by atoms with van der Waals surface area (Å²) in [5, 5.41) is 10.7. The van der Waals surface area contributed by atoms with Crippen molar-refractivity contribution in [2.45, 2.75) is 472 Å². The maximum absolute atomic E-state index is 13.1. The minimum absolute atomic E-state index is 0.107. The number of phosphoric acid groups is 2. The first kappa shape index (κ1) is 104. The lowest BCUT2D eigenvalue weighted by Gasteiger charge is -2.21. The molecule has 0 bridgehead atoms. The van der Waals surface area contributed by atoms with Crippen molar-refractivity contribution in [3.05, 3.63) is 0 Å². The molecule has 0 radical (unpaired) electrons. The monoisotopic (exact) mass is 1550 g/mol. The molecular weight excluding hydrogens is 1380 g/mol. The van der Waals surface area contributed by atoms with Gasteiger partial charge < -0.3 is 33.8 Å². The SMILES string of the molecule is CC(C)CCCCCCCCCCCCCCCCCCCCC(=O)OC[C@H](COP(=O)(O)OCC(O)COP(=O)(O)OC[C@@H](COC(=O)CCCCCCCCCC(C)C)OC(=O)CCCCCCCCCCCCCCCCCCCCC(C)C)OC(=O)CCCCCCCCCCCCCC(C)C. The zero-order chi connectivity index (χ0) is 78.1. The van der Waals surface area contributed by atoms with Crippen LogP contribution in [0.3, 0.4) is 0 Å². The predicted molar refractivity (Wildman–Crippen MR) is 437 cm³/mol. The number of ether oxygens (including phenoxy) is 4. The highest BCUT2D eigenvalue weighted by Gasteiger charge is 2.31. The van der Waals surface area contributed by atoms with Crippen LogP contribution in [-0.4, -0.2) is 96.7 Å². The lowest BCUT2D eigenvalue weighted by atomic mass is 10.0. The number of esters is 4. The Labute approximate surface area is 651 Å². The molecule has 5 atom stereocenters. The Balaban J connectivity index is 5.18. The second-order valence-corrected chi connectivity index (χ2v) is 36.1. The van der Waals surface area contributed by atoms with Gasteiger partial charge in [0, 0.05) is 25.7 Å². The van der Waals surface area contributed by atoms with Crippen molar-refractivity contribution >= 4 is 39.5 Å². The van der Waals surface area contributed by atoms with E-state index in [1.54, 1.807) is 0 Å². The van der Waals surface area contributed by atoms with Crippen LogP contribution in [0.4, 0.5) is 0 Å². The minimum Gasteiger partial charge on any atom is -0.462 e. The molecule has 17 nitrogen and oxygen atoms in total. The van der Waals surface area contributed by atoms with Crippen LogP contribution in [-0.2, 0) is 65.4 Å². The van der Waals surface area contributed by atoms with Crippen molar-refractivity contribution < 1.29 is 80.2 Å². The summed E-state index contributed by atoms with van der Waals surface area (Å²) in [7, 11) is -9.93. The molecule has 0 aromatic heterocycles. The summed E-state index contributed by atoms with van der Waals surface area (Å²) in [6, 6.07) is 0. The van der Waals surface area contributed by atoms with E-state index in [-0.39, 0.29) is 25.7 Å². The molecule has 0 amide bonds. The van der Waals surface area contributed by atoms with Crippen molar-refractivity contribution in [1.29, 1.82) is 0 Å². The third-order valence-corrected chi connectivity index (χ3v) is 22.2. The molecule has 630 valence electrons. The average molecular weight is 1550 g/mol. The first-order chi connectivity index (χ1) is 51.1. The lowest BCUT2D eigenvalue weighted by Crippen LogP contribution is -2.30. The fraction of sp³-hybridized carbons (Fsp3) is 0.954. The number of carbonyl (C=O) groups is 4. The van der Waals surface area contributed by atoms with E-state index in [0.717, 1.165) is 114 Å². The fourth-order valence-electron chi connectivity index (χ4n) is 13.5. The van der Waals surface area contributed by atoms with Gasteiger partial charge in [0.2, 0.25) is 0 Å². The molecule has 19 heteroatoms. The third-order valence-electron chi connectivity index (χ3n) is 20.3. The maximum atomic E-state index is 13.1. The Morgan fingerprint density at radius 2 is 0.396 bits per heavy atom. The molecule has 0 saturated heterocycles. The average Bonchev–Trinajstić information content (AvgIpc) is 0.902. The number of carbonyl (C=O) groups excluding carboxylic acids is 4. The molecule has 0 rings (SSSR count).